The highest BCUT2D eigenvalue weighted by atomic mass is 16.6. The second-order valence-corrected chi connectivity index (χ2v) is 8.63. The summed E-state index contributed by atoms with van der Waals surface area (Å²) in [6.07, 6.45) is -0.612. The van der Waals surface area contributed by atoms with Crippen molar-refractivity contribution in [2.45, 2.75) is 39.8 Å². The highest BCUT2D eigenvalue weighted by Gasteiger charge is 2.34. The van der Waals surface area contributed by atoms with Gasteiger partial charge >= 0.3 is 6.09 Å². The van der Waals surface area contributed by atoms with E-state index in [-0.39, 0.29) is 18.1 Å². The zero-order chi connectivity index (χ0) is 22.8. The minimum Gasteiger partial charge on any atom is -0.446 e. The Morgan fingerprint density at radius 1 is 1.00 bits per heavy atom. The largest absolute Gasteiger partial charge is 0.446 e. The first kappa shape index (κ1) is 22.1. The first-order chi connectivity index (χ1) is 15.3. The van der Waals surface area contributed by atoms with E-state index in [2.05, 4.69) is 29.2 Å². The summed E-state index contributed by atoms with van der Waals surface area (Å²) in [6.45, 7) is 10.8. The van der Waals surface area contributed by atoms with Crippen LogP contribution in [0.25, 0.3) is 11.1 Å². The number of morpholine rings is 1. The molecule has 0 radical (unpaired) electrons. The number of carbonyl (C=O) groups is 2. The van der Waals surface area contributed by atoms with Crippen molar-refractivity contribution in [3.05, 3.63) is 42.5 Å². The van der Waals surface area contributed by atoms with Crippen molar-refractivity contribution in [3.8, 4) is 11.1 Å². The van der Waals surface area contributed by atoms with Gasteiger partial charge in [-0.2, -0.15) is 0 Å². The summed E-state index contributed by atoms with van der Waals surface area (Å²) in [5.74, 6) is -0.0433. The number of ether oxygens (including phenoxy) is 2. The Hall–Kier alpha value is -3.06. The standard InChI is InChI=1S/C25H31N3O4/c1-17(2)32-25(30)27-16-18(3)28(19(4)29)23-10-7-21(15-24(23)27)20-5-8-22(9-6-20)26-11-13-31-14-12-26/h5-10,15,17-18H,11-14,16H2,1-4H3. The fraction of sp³-hybridized carbons (Fsp3) is 0.440. The average Bonchev–Trinajstić information content (AvgIpc) is 2.78. The van der Waals surface area contributed by atoms with E-state index < -0.39 is 6.09 Å². The van der Waals surface area contributed by atoms with Crippen LogP contribution in [0.4, 0.5) is 21.9 Å². The normalized spacial score (nSPS) is 18.5. The molecule has 7 heteroatoms. The van der Waals surface area contributed by atoms with E-state index in [1.807, 2.05) is 39.0 Å². The molecule has 2 aromatic carbocycles. The Morgan fingerprint density at radius 3 is 2.28 bits per heavy atom. The van der Waals surface area contributed by atoms with E-state index in [1.54, 1.807) is 16.7 Å². The Bertz CT molecular complexity index is 983. The lowest BCUT2D eigenvalue weighted by Crippen LogP contribution is -2.51. The van der Waals surface area contributed by atoms with Crippen LogP contribution in [0, 0.1) is 0 Å². The quantitative estimate of drug-likeness (QED) is 0.717. The lowest BCUT2D eigenvalue weighted by atomic mass is 10.0. The number of amides is 2. The number of carbonyl (C=O) groups excluding carboxylic acids is 2. The third-order valence-electron chi connectivity index (χ3n) is 5.89. The minimum absolute atomic E-state index is 0.0433. The van der Waals surface area contributed by atoms with Gasteiger partial charge in [-0.25, -0.2) is 4.79 Å². The summed E-state index contributed by atoms with van der Waals surface area (Å²) in [5.41, 5.74) is 4.63. The number of hydrogen-bond donors (Lipinski definition) is 0. The zero-order valence-electron chi connectivity index (χ0n) is 19.2. The van der Waals surface area contributed by atoms with E-state index in [1.165, 1.54) is 5.69 Å². The van der Waals surface area contributed by atoms with E-state index >= 15 is 0 Å². The molecule has 32 heavy (non-hydrogen) atoms. The molecule has 2 aliphatic heterocycles. The molecular weight excluding hydrogens is 406 g/mol. The van der Waals surface area contributed by atoms with Gasteiger partial charge in [0.05, 0.1) is 36.7 Å². The van der Waals surface area contributed by atoms with Gasteiger partial charge in [0.1, 0.15) is 0 Å². The second kappa shape index (κ2) is 9.20. The van der Waals surface area contributed by atoms with E-state index in [4.69, 9.17) is 9.47 Å². The third kappa shape index (κ3) is 4.43. The monoisotopic (exact) mass is 437 g/mol. The molecule has 0 saturated carbocycles. The Morgan fingerprint density at radius 2 is 1.66 bits per heavy atom. The van der Waals surface area contributed by atoms with Crippen LogP contribution in [0.5, 0.6) is 0 Å². The average molecular weight is 438 g/mol. The van der Waals surface area contributed by atoms with E-state index in [0.717, 1.165) is 43.1 Å². The molecule has 0 spiro atoms. The predicted octanol–water partition coefficient (Wildman–Crippen LogP) is 4.30. The van der Waals surface area contributed by atoms with Crippen LogP contribution in [0.2, 0.25) is 0 Å². The van der Waals surface area contributed by atoms with Crippen LogP contribution in [-0.2, 0) is 14.3 Å². The number of rotatable bonds is 3. The van der Waals surface area contributed by atoms with Crippen molar-refractivity contribution >= 4 is 29.1 Å². The van der Waals surface area contributed by atoms with Crippen LogP contribution >= 0.6 is 0 Å². The molecule has 0 N–H and O–H groups in total. The summed E-state index contributed by atoms with van der Waals surface area (Å²) in [7, 11) is 0. The lowest BCUT2D eigenvalue weighted by molar-refractivity contribution is -0.117. The molecule has 0 aliphatic carbocycles. The molecule has 2 aromatic rings. The maximum absolute atomic E-state index is 12.8. The molecule has 4 rings (SSSR count). The first-order valence-corrected chi connectivity index (χ1v) is 11.2. The van der Waals surface area contributed by atoms with Crippen LogP contribution in [0.15, 0.2) is 42.5 Å². The smallest absolute Gasteiger partial charge is 0.414 e. The topological polar surface area (TPSA) is 62.3 Å². The molecule has 2 heterocycles. The number of fused-ring (bicyclic) bond motifs is 1. The van der Waals surface area contributed by atoms with Gasteiger partial charge < -0.3 is 19.3 Å². The van der Waals surface area contributed by atoms with Gasteiger partial charge in [-0.3, -0.25) is 9.69 Å². The third-order valence-corrected chi connectivity index (χ3v) is 5.89. The van der Waals surface area contributed by atoms with Crippen molar-refractivity contribution < 1.29 is 19.1 Å². The number of hydrogen-bond acceptors (Lipinski definition) is 5. The maximum Gasteiger partial charge on any atom is 0.414 e. The van der Waals surface area contributed by atoms with Gasteiger partial charge in [-0.15, -0.1) is 0 Å². The maximum atomic E-state index is 12.8. The first-order valence-electron chi connectivity index (χ1n) is 11.2. The summed E-state index contributed by atoms with van der Waals surface area (Å²) in [6, 6.07) is 14.2. The van der Waals surface area contributed by atoms with Gasteiger partial charge in [0.15, 0.2) is 0 Å². The minimum atomic E-state index is -0.392. The van der Waals surface area contributed by atoms with Crippen LogP contribution in [-0.4, -0.2) is 57.0 Å². The van der Waals surface area contributed by atoms with Crippen LogP contribution in [0.1, 0.15) is 27.7 Å². The molecular formula is C25H31N3O4. The van der Waals surface area contributed by atoms with Crippen LogP contribution < -0.4 is 14.7 Å². The molecule has 7 nitrogen and oxygen atoms in total. The zero-order valence-corrected chi connectivity index (χ0v) is 19.2. The summed E-state index contributed by atoms with van der Waals surface area (Å²) < 4.78 is 10.9. The molecule has 1 fully saturated rings. The van der Waals surface area contributed by atoms with Gasteiger partial charge in [0, 0.05) is 32.2 Å². The molecule has 1 saturated heterocycles. The highest BCUT2D eigenvalue weighted by Crippen LogP contribution is 2.39. The molecule has 170 valence electrons. The van der Waals surface area contributed by atoms with Gasteiger partial charge in [-0.1, -0.05) is 18.2 Å². The Kier molecular flexibility index (Phi) is 6.37. The van der Waals surface area contributed by atoms with E-state index in [9.17, 15) is 9.59 Å². The second-order valence-electron chi connectivity index (χ2n) is 8.63. The van der Waals surface area contributed by atoms with Crippen molar-refractivity contribution in [1.82, 2.24) is 0 Å². The summed E-state index contributed by atoms with van der Waals surface area (Å²) >= 11 is 0. The molecule has 0 bridgehead atoms. The van der Waals surface area contributed by atoms with Gasteiger partial charge in [0.25, 0.3) is 0 Å². The molecule has 2 amide bonds. The molecule has 0 aromatic heterocycles. The van der Waals surface area contributed by atoms with Crippen LogP contribution in [0.3, 0.4) is 0 Å². The number of nitrogens with zero attached hydrogens (tertiary/aromatic N) is 3. The predicted molar refractivity (Wildman–Crippen MR) is 126 cm³/mol. The number of benzene rings is 2. The molecule has 1 unspecified atom stereocenters. The summed E-state index contributed by atoms with van der Waals surface area (Å²) in [5, 5.41) is 0. The Balaban J connectivity index is 1.68. The molecule has 2 aliphatic rings. The fourth-order valence-electron chi connectivity index (χ4n) is 4.41. The number of anilines is 3. The van der Waals surface area contributed by atoms with Crippen molar-refractivity contribution in [1.29, 1.82) is 0 Å². The highest BCUT2D eigenvalue weighted by molar-refractivity contribution is 6.03. The van der Waals surface area contributed by atoms with Crippen molar-refractivity contribution in [3.63, 3.8) is 0 Å². The lowest BCUT2D eigenvalue weighted by Gasteiger charge is -2.40. The van der Waals surface area contributed by atoms with Gasteiger partial charge in [0.2, 0.25) is 5.91 Å². The Labute approximate surface area is 189 Å². The summed E-state index contributed by atoms with van der Waals surface area (Å²) in [4.78, 5) is 30.9. The van der Waals surface area contributed by atoms with Gasteiger partial charge in [-0.05, 0) is 56.2 Å². The SMILES string of the molecule is CC(=O)N1c2ccc(-c3ccc(N4CCOCC4)cc3)cc2N(C(=O)OC(C)C)CC1C. The van der Waals surface area contributed by atoms with Crippen molar-refractivity contribution in [2.24, 2.45) is 0 Å². The van der Waals surface area contributed by atoms with E-state index in [0.29, 0.717) is 12.2 Å². The molecule has 1 atom stereocenters. The fourth-order valence-corrected chi connectivity index (χ4v) is 4.41. The van der Waals surface area contributed by atoms with Crippen molar-refractivity contribution in [2.75, 3.05) is 47.5 Å².